The van der Waals surface area contributed by atoms with Crippen LogP contribution in [0.3, 0.4) is 0 Å². The molecule has 2 aromatic rings. The van der Waals surface area contributed by atoms with Gasteiger partial charge in [0.25, 0.3) is 0 Å². The molecule has 1 saturated carbocycles. The second-order valence-electron chi connectivity index (χ2n) is 8.44. The van der Waals surface area contributed by atoms with Crippen LogP contribution in [0.1, 0.15) is 42.7 Å². The van der Waals surface area contributed by atoms with Crippen LogP contribution in [0.5, 0.6) is 0 Å². The number of nitrogens with one attached hydrogen (secondary N) is 1. The van der Waals surface area contributed by atoms with Crippen LogP contribution in [0.4, 0.5) is 0 Å². The smallest absolute Gasteiger partial charge is 0.225 e. The minimum atomic E-state index is 0.277. The van der Waals surface area contributed by atoms with Gasteiger partial charge in [-0.05, 0) is 41.7 Å². The second kappa shape index (κ2) is 7.07. The summed E-state index contributed by atoms with van der Waals surface area (Å²) in [5.74, 6) is 1.16. The maximum atomic E-state index is 12.7. The topological polar surface area (TPSA) is 56.1 Å². The zero-order valence-corrected chi connectivity index (χ0v) is 16.0. The van der Waals surface area contributed by atoms with Gasteiger partial charge in [-0.2, -0.15) is 5.26 Å². The molecule has 2 aromatic carbocycles. The molecule has 0 aromatic heterocycles. The number of nitrogens with zero attached hydrogens (tertiary/aromatic N) is 2. The van der Waals surface area contributed by atoms with Gasteiger partial charge in [0.15, 0.2) is 0 Å². The molecule has 3 heterocycles. The van der Waals surface area contributed by atoms with Crippen molar-refractivity contribution in [1.29, 1.82) is 5.26 Å². The van der Waals surface area contributed by atoms with Gasteiger partial charge in [0, 0.05) is 37.0 Å². The van der Waals surface area contributed by atoms with E-state index in [0.717, 1.165) is 37.1 Å². The fourth-order valence-corrected chi connectivity index (χ4v) is 5.27. The number of carbonyl (C=O) groups excluding carboxylic acids is 1. The van der Waals surface area contributed by atoms with Crippen LogP contribution < -0.4 is 5.32 Å². The molecule has 4 nitrogen and oxygen atoms in total. The van der Waals surface area contributed by atoms with Crippen LogP contribution in [0.2, 0.25) is 0 Å². The summed E-state index contributed by atoms with van der Waals surface area (Å²) in [5.41, 5.74) is 4.25. The molecule has 2 bridgehead atoms. The number of rotatable bonds is 3. The monoisotopic (exact) mass is 371 g/mol. The van der Waals surface area contributed by atoms with Gasteiger partial charge >= 0.3 is 0 Å². The molecule has 4 heteroatoms. The molecule has 1 aliphatic carbocycles. The van der Waals surface area contributed by atoms with Gasteiger partial charge in [-0.25, -0.2) is 0 Å². The summed E-state index contributed by atoms with van der Waals surface area (Å²) < 4.78 is 0. The van der Waals surface area contributed by atoms with Crippen molar-refractivity contribution in [2.75, 3.05) is 13.1 Å². The standard InChI is InChI=1S/C24H25N3O/c25-13-16-4-3-7-20(12-16)17-8-10-18(11-9-17)23-21-14-27(15-22(23)26-21)24(28)19-5-1-2-6-19/h3-4,7-12,19,21-23,26H,1-2,5-6,14-15H2/t21-,22+,23?. The van der Waals surface area contributed by atoms with E-state index < -0.39 is 0 Å². The van der Waals surface area contributed by atoms with Gasteiger partial charge in [-0.3, -0.25) is 4.79 Å². The summed E-state index contributed by atoms with van der Waals surface area (Å²) in [5, 5.41) is 12.7. The Morgan fingerprint density at radius 2 is 1.71 bits per heavy atom. The molecular weight excluding hydrogens is 346 g/mol. The van der Waals surface area contributed by atoms with Crippen molar-refractivity contribution in [2.45, 2.75) is 43.7 Å². The largest absolute Gasteiger partial charge is 0.339 e. The lowest BCUT2D eigenvalue weighted by atomic mass is 9.73. The minimum Gasteiger partial charge on any atom is -0.339 e. The van der Waals surface area contributed by atoms with Crippen molar-refractivity contribution >= 4 is 5.91 Å². The summed E-state index contributed by atoms with van der Waals surface area (Å²) >= 11 is 0. The molecule has 4 aliphatic rings. The number of hydrogen-bond acceptors (Lipinski definition) is 3. The quantitative estimate of drug-likeness (QED) is 0.895. The first-order chi connectivity index (χ1) is 13.7. The van der Waals surface area contributed by atoms with Gasteiger partial charge in [0.05, 0.1) is 11.6 Å². The lowest BCUT2D eigenvalue weighted by molar-refractivity contribution is -0.140. The highest BCUT2D eigenvalue weighted by Gasteiger charge is 2.48. The zero-order valence-electron chi connectivity index (χ0n) is 16.0. The van der Waals surface area contributed by atoms with Crippen LogP contribution in [0, 0.1) is 17.2 Å². The molecule has 1 N–H and O–H groups in total. The highest BCUT2D eigenvalue weighted by atomic mass is 16.2. The predicted molar refractivity (Wildman–Crippen MR) is 109 cm³/mol. The number of hydrogen-bond donors (Lipinski definition) is 1. The Morgan fingerprint density at radius 3 is 2.39 bits per heavy atom. The van der Waals surface area contributed by atoms with Crippen LogP contribution in [0.15, 0.2) is 48.5 Å². The first kappa shape index (κ1) is 17.5. The van der Waals surface area contributed by atoms with E-state index >= 15 is 0 Å². The van der Waals surface area contributed by atoms with Crippen molar-refractivity contribution in [1.82, 2.24) is 10.2 Å². The number of piperazine rings is 1. The third-order valence-electron chi connectivity index (χ3n) is 6.77. The Balaban J connectivity index is 1.28. The van der Waals surface area contributed by atoms with Crippen LogP contribution in [-0.4, -0.2) is 36.0 Å². The van der Waals surface area contributed by atoms with Crippen molar-refractivity contribution in [2.24, 2.45) is 5.92 Å². The molecule has 0 radical (unpaired) electrons. The van der Waals surface area contributed by atoms with Crippen molar-refractivity contribution < 1.29 is 4.79 Å². The molecule has 0 spiro atoms. The number of carbonyl (C=O) groups is 1. The summed E-state index contributed by atoms with van der Waals surface area (Å²) in [7, 11) is 0. The average molecular weight is 371 g/mol. The lowest BCUT2D eigenvalue weighted by Gasteiger charge is -2.55. The highest BCUT2D eigenvalue weighted by molar-refractivity contribution is 5.79. The molecule has 142 valence electrons. The molecule has 3 atom stereocenters. The summed E-state index contributed by atoms with van der Waals surface area (Å²) in [6.45, 7) is 1.67. The van der Waals surface area contributed by atoms with Gasteiger partial charge in [0.1, 0.15) is 0 Å². The van der Waals surface area contributed by atoms with E-state index in [4.69, 9.17) is 5.26 Å². The summed E-state index contributed by atoms with van der Waals surface area (Å²) in [4.78, 5) is 14.8. The lowest BCUT2D eigenvalue weighted by Crippen LogP contribution is -2.72. The van der Waals surface area contributed by atoms with Crippen molar-refractivity contribution in [3.8, 4) is 17.2 Å². The maximum Gasteiger partial charge on any atom is 0.225 e. The first-order valence-corrected chi connectivity index (χ1v) is 10.4. The molecule has 1 amide bonds. The van der Waals surface area contributed by atoms with Gasteiger partial charge in [0.2, 0.25) is 5.91 Å². The second-order valence-corrected chi connectivity index (χ2v) is 8.44. The molecule has 3 saturated heterocycles. The number of piperidine rings is 1. The summed E-state index contributed by atoms with van der Waals surface area (Å²) in [6.07, 6.45) is 4.58. The van der Waals surface area contributed by atoms with Crippen molar-refractivity contribution in [3.05, 3.63) is 59.7 Å². The first-order valence-electron chi connectivity index (χ1n) is 10.4. The molecule has 6 rings (SSSR count). The molecule has 28 heavy (non-hydrogen) atoms. The van der Waals surface area contributed by atoms with E-state index in [1.165, 1.54) is 18.4 Å². The van der Waals surface area contributed by atoms with Crippen LogP contribution in [0.25, 0.3) is 11.1 Å². The molecule has 4 fully saturated rings. The third kappa shape index (κ3) is 3.00. The fourth-order valence-electron chi connectivity index (χ4n) is 5.27. The average Bonchev–Trinajstić information content (AvgIpc) is 3.29. The maximum absolute atomic E-state index is 12.7. The van der Waals surface area contributed by atoms with E-state index in [-0.39, 0.29) is 5.92 Å². The Morgan fingerprint density at radius 1 is 1.00 bits per heavy atom. The zero-order chi connectivity index (χ0) is 19.1. The normalized spacial score (nSPS) is 26.5. The Bertz CT molecular complexity index is 912. The fraction of sp³-hybridized carbons (Fsp3) is 0.417. The Labute approximate surface area is 166 Å². The number of benzene rings is 2. The predicted octanol–water partition coefficient (Wildman–Crippen LogP) is 3.68. The highest BCUT2D eigenvalue weighted by Crippen LogP contribution is 2.39. The SMILES string of the molecule is N#Cc1cccc(-c2ccc(C3[C@@H]4CN(C(=O)C5CCCC5)C[C@H]3N4)cc2)c1. The van der Waals surface area contributed by atoms with Crippen LogP contribution in [-0.2, 0) is 4.79 Å². The molecule has 3 aliphatic heterocycles. The molecular formula is C24H25N3O. The third-order valence-corrected chi connectivity index (χ3v) is 6.77. The van der Waals surface area contributed by atoms with E-state index in [1.807, 2.05) is 24.3 Å². The van der Waals surface area contributed by atoms with Crippen molar-refractivity contribution in [3.63, 3.8) is 0 Å². The van der Waals surface area contributed by atoms with Gasteiger partial charge in [-0.15, -0.1) is 0 Å². The molecule has 1 unspecified atom stereocenters. The minimum absolute atomic E-state index is 0.277. The Hall–Kier alpha value is -2.64. The van der Waals surface area contributed by atoms with E-state index in [9.17, 15) is 4.79 Å². The van der Waals surface area contributed by atoms with Crippen LogP contribution >= 0.6 is 0 Å². The number of nitriles is 1. The number of fused-ring (bicyclic) bond motifs is 2. The van der Waals surface area contributed by atoms with Gasteiger partial charge in [-0.1, -0.05) is 49.2 Å². The van der Waals surface area contributed by atoms with E-state index in [0.29, 0.717) is 29.5 Å². The van der Waals surface area contributed by atoms with E-state index in [1.54, 1.807) is 0 Å². The van der Waals surface area contributed by atoms with E-state index in [2.05, 4.69) is 40.6 Å². The number of amides is 1. The Kier molecular flexibility index (Phi) is 4.41. The summed E-state index contributed by atoms with van der Waals surface area (Å²) in [6, 6.07) is 19.4. The van der Waals surface area contributed by atoms with Gasteiger partial charge < -0.3 is 10.2 Å².